The molecule has 7 nitrogen and oxygen atoms in total. The molecule has 0 aliphatic carbocycles. The summed E-state index contributed by atoms with van der Waals surface area (Å²) in [5.74, 6) is -0.875. The fraction of sp³-hybridized carbons (Fsp3) is 0.0800. The first-order valence-corrected chi connectivity index (χ1v) is 10.7. The molecule has 2 amide bonds. The molecule has 3 aromatic rings. The van der Waals surface area contributed by atoms with Gasteiger partial charge in [0.1, 0.15) is 5.70 Å². The number of hydrogen-bond donors (Lipinski definition) is 2. The maximum absolute atomic E-state index is 13.0. The Bertz CT molecular complexity index is 1190. The molecule has 0 unspecified atom stereocenters. The summed E-state index contributed by atoms with van der Waals surface area (Å²) in [5, 5.41) is 5.44. The van der Waals surface area contributed by atoms with Crippen molar-refractivity contribution in [1.29, 1.82) is 0 Å². The van der Waals surface area contributed by atoms with Gasteiger partial charge in [-0.3, -0.25) is 14.4 Å². The number of nitrogens with one attached hydrogen (secondary N) is 2. The van der Waals surface area contributed by atoms with Crippen LogP contribution in [0.3, 0.4) is 0 Å². The predicted molar refractivity (Wildman–Crippen MR) is 129 cm³/mol. The fourth-order valence-electron chi connectivity index (χ4n) is 2.85. The number of carbonyl (C=O) groups excluding carboxylic acids is 3. The molecular weight excluding hydrogens is 488 g/mol. The van der Waals surface area contributed by atoms with Gasteiger partial charge in [0.05, 0.1) is 7.11 Å². The van der Waals surface area contributed by atoms with E-state index in [0.29, 0.717) is 22.6 Å². The molecule has 3 aromatic carbocycles. The summed E-state index contributed by atoms with van der Waals surface area (Å²) >= 11 is 3.35. The van der Waals surface area contributed by atoms with Gasteiger partial charge in [0, 0.05) is 22.6 Å². The molecule has 0 saturated heterocycles. The van der Waals surface area contributed by atoms with E-state index in [9.17, 15) is 14.4 Å². The van der Waals surface area contributed by atoms with E-state index in [1.165, 1.54) is 20.1 Å². The molecule has 0 spiro atoms. The lowest BCUT2D eigenvalue weighted by atomic mass is 10.1. The summed E-state index contributed by atoms with van der Waals surface area (Å²) in [6.45, 7) is 1.29. The molecule has 0 radical (unpaired) electrons. The second-order valence-corrected chi connectivity index (χ2v) is 7.76. The smallest absolute Gasteiger partial charge is 0.308 e. The number of halogens is 1. The normalized spacial score (nSPS) is 10.8. The molecule has 0 aliphatic rings. The Labute approximate surface area is 199 Å². The van der Waals surface area contributed by atoms with E-state index >= 15 is 0 Å². The van der Waals surface area contributed by atoms with Crippen LogP contribution in [-0.2, 0) is 9.59 Å². The highest BCUT2D eigenvalue weighted by atomic mass is 79.9. The van der Waals surface area contributed by atoms with Crippen LogP contribution in [0.25, 0.3) is 6.08 Å². The van der Waals surface area contributed by atoms with E-state index in [2.05, 4.69) is 26.6 Å². The SMILES string of the molecule is COc1cc(/C=C(\NC(=O)c2ccccc2)C(=O)Nc2ccc(Br)cc2)ccc1OC(C)=O. The van der Waals surface area contributed by atoms with E-state index in [1.54, 1.807) is 72.8 Å². The Hall–Kier alpha value is -3.91. The average Bonchev–Trinajstić information content (AvgIpc) is 2.81. The van der Waals surface area contributed by atoms with Crippen molar-refractivity contribution in [3.8, 4) is 11.5 Å². The van der Waals surface area contributed by atoms with Crippen molar-refractivity contribution in [2.75, 3.05) is 12.4 Å². The number of benzene rings is 3. The first kappa shape index (κ1) is 23.7. The molecule has 0 saturated carbocycles. The Balaban J connectivity index is 1.93. The Kier molecular flexibility index (Phi) is 7.99. The van der Waals surface area contributed by atoms with Crippen molar-refractivity contribution in [2.45, 2.75) is 6.92 Å². The van der Waals surface area contributed by atoms with Crippen molar-refractivity contribution in [2.24, 2.45) is 0 Å². The third-order valence-corrected chi connectivity index (χ3v) is 4.91. The molecule has 3 rings (SSSR count). The second kappa shape index (κ2) is 11.1. The molecule has 8 heteroatoms. The zero-order chi connectivity index (χ0) is 23.8. The zero-order valence-corrected chi connectivity index (χ0v) is 19.5. The summed E-state index contributed by atoms with van der Waals surface area (Å²) in [6, 6.07) is 20.4. The van der Waals surface area contributed by atoms with Crippen molar-refractivity contribution in [3.05, 3.63) is 94.1 Å². The molecule has 0 aromatic heterocycles. The van der Waals surface area contributed by atoms with Gasteiger partial charge in [-0.05, 0) is 60.2 Å². The maximum atomic E-state index is 13.0. The Morgan fingerprint density at radius 2 is 1.61 bits per heavy atom. The topological polar surface area (TPSA) is 93.7 Å². The first-order chi connectivity index (χ1) is 15.9. The lowest BCUT2D eigenvalue weighted by molar-refractivity contribution is -0.132. The number of amides is 2. The lowest BCUT2D eigenvalue weighted by Gasteiger charge is -2.13. The van der Waals surface area contributed by atoms with Crippen LogP contribution in [0.5, 0.6) is 11.5 Å². The zero-order valence-electron chi connectivity index (χ0n) is 17.9. The molecule has 0 fully saturated rings. The largest absolute Gasteiger partial charge is 0.493 e. The van der Waals surface area contributed by atoms with E-state index in [-0.39, 0.29) is 11.4 Å². The number of hydrogen-bond acceptors (Lipinski definition) is 5. The Morgan fingerprint density at radius 3 is 2.24 bits per heavy atom. The standard InChI is InChI=1S/C25H21BrN2O5/c1-16(29)33-22-13-8-17(15-23(22)32-2)14-21(28-24(30)18-6-4-3-5-7-18)25(31)27-20-11-9-19(26)10-12-20/h3-15H,1-2H3,(H,27,31)(H,28,30)/b21-14-. The molecule has 33 heavy (non-hydrogen) atoms. The predicted octanol–water partition coefficient (Wildman–Crippen LogP) is 4.79. The van der Waals surface area contributed by atoms with E-state index in [0.717, 1.165) is 4.47 Å². The van der Waals surface area contributed by atoms with Gasteiger partial charge in [-0.1, -0.05) is 40.2 Å². The number of ether oxygens (including phenoxy) is 2. The third kappa shape index (κ3) is 6.78. The van der Waals surface area contributed by atoms with Gasteiger partial charge < -0.3 is 20.1 Å². The van der Waals surface area contributed by atoms with Gasteiger partial charge in [0.25, 0.3) is 11.8 Å². The van der Waals surface area contributed by atoms with Crippen LogP contribution in [0, 0.1) is 0 Å². The summed E-state index contributed by atoms with van der Waals surface area (Å²) in [4.78, 5) is 37.0. The third-order valence-electron chi connectivity index (χ3n) is 4.38. The fourth-order valence-corrected chi connectivity index (χ4v) is 3.12. The van der Waals surface area contributed by atoms with Gasteiger partial charge in [-0.2, -0.15) is 0 Å². The van der Waals surface area contributed by atoms with Crippen LogP contribution < -0.4 is 20.1 Å². The van der Waals surface area contributed by atoms with Crippen molar-refractivity contribution >= 4 is 45.5 Å². The number of carbonyl (C=O) groups is 3. The van der Waals surface area contributed by atoms with Gasteiger partial charge in [0.15, 0.2) is 11.5 Å². The van der Waals surface area contributed by atoms with E-state index < -0.39 is 17.8 Å². The number of anilines is 1. The van der Waals surface area contributed by atoms with Crippen LogP contribution in [0.1, 0.15) is 22.8 Å². The highest BCUT2D eigenvalue weighted by Crippen LogP contribution is 2.29. The molecule has 0 bridgehead atoms. The summed E-state index contributed by atoms with van der Waals surface area (Å²) in [5.41, 5.74) is 1.54. The van der Waals surface area contributed by atoms with Crippen LogP contribution in [0.4, 0.5) is 5.69 Å². The minimum absolute atomic E-state index is 0.0223. The second-order valence-electron chi connectivity index (χ2n) is 6.84. The van der Waals surface area contributed by atoms with E-state index in [1.807, 2.05) is 0 Å². The van der Waals surface area contributed by atoms with Gasteiger partial charge in [0.2, 0.25) is 0 Å². The van der Waals surface area contributed by atoms with Crippen LogP contribution >= 0.6 is 15.9 Å². The quantitative estimate of drug-likeness (QED) is 0.271. The van der Waals surface area contributed by atoms with Crippen LogP contribution in [0.15, 0.2) is 83.0 Å². The molecule has 0 atom stereocenters. The molecule has 0 heterocycles. The number of esters is 1. The first-order valence-electron chi connectivity index (χ1n) is 9.87. The number of rotatable bonds is 7. The van der Waals surface area contributed by atoms with Crippen molar-refractivity contribution < 1.29 is 23.9 Å². The van der Waals surface area contributed by atoms with Gasteiger partial charge in [-0.25, -0.2) is 0 Å². The van der Waals surface area contributed by atoms with Gasteiger partial charge >= 0.3 is 5.97 Å². The molecule has 2 N–H and O–H groups in total. The monoisotopic (exact) mass is 508 g/mol. The van der Waals surface area contributed by atoms with Gasteiger partial charge in [-0.15, -0.1) is 0 Å². The number of methoxy groups -OCH3 is 1. The Morgan fingerprint density at radius 1 is 0.909 bits per heavy atom. The molecule has 0 aliphatic heterocycles. The minimum atomic E-state index is -0.510. The summed E-state index contributed by atoms with van der Waals surface area (Å²) in [7, 11) is 1.44. The van der Waals surface area contributed by atoms with Crippen molar-refractivity contribution in [3.63, 3.8) is 0 Å². The van der Waals surface area contributed by atoms with Crippen LogP contribution in [-0.4, -0.2) is 24.9 Å². The van der Waals surface area contributed by atoms with Crippen LogP contribution in [0.2, 0.25) is 0 Å². The summed E-state index contributed by atoms with van der Waals surface area (Å²) < 4.78 is 11.3. The maximum Gasteiger partial charge on any atom is 0.308 e. The average molecular weight is 509 g/mol. The highest BCUT2D eigenvalue weighted by Gasteiger charge is 2.16. The minimum Gasteiger partial charge on any atom is -0.493 e. The van der Waals surface area contributed by atoms with E-state index in [4.69, 9.17) is 9.47 Å². The van der Waals surface area contributed by atoms with Crippen molar-refractivity contribution in [1.82, 2.24) is 5.32 Å². The molecule has 168 valence electrons. The highest BCUT2D eigenvalue weighted by molar-refractivity contribution is 9.10. The molecular formula is C25H21BrN2O5. The summed E-state index contributed by atoms with van der Waals surface area (Å²) in [6.07, 6.45) is 1.51. The lowest BCUT2D eigenvalue weighted by Crippen LogP contribution is -2.30.